The van der Waals surface area contributed by atoms with Gasteiger partial charge in [0.25, 0.3) is 0 Å². The minimum absolute atomic E-state index is 0.166. The van der Waals surface area contributed by atoms with Crippen LogP contribution in [0.3, 0.4) is 0 Å². The number of rotatable bonds is 3. The van der Waals surface area contributed by atoms with Crippen LogP contribution in [-0.4, -0.2) is 39.5 Å². The second-order valence-corrected chi connectivity index (χ2v) is 7.54. The zero-order valence-corrected chi connectivity index (χ0v) is 13.5. The number of benzene rings is 1. The lowest BCUT2D eigenvalue weighted by atomic mass is 10.1. The van der Waals surface area contributed by atoms with Crippen molar-refractivity contribution in [1.29, 1.82) is 0 Å². The predicted octanol–water partition coefficient (Wildman–Crippen LogP) is 1.54. The summed E-state index contributed by atoms with van der Waals surface area (Å²) in [5.41, 5.74) is 5.82. The Morgan fingerprint density at radius 1 is 1.40 bits per heavy atom. The molecule has 5 nitrogen and oxygen atoms in total. The molecule has 20 heavy (non-hydrogen) atoms. The average Bonchev–Trinajstić information content (AvgIpc) is 2.36. The minimum Gasteiger partial charge on any atom is -0.398 e. The standard InChI is InChI=1S/C12H17BrFN3O2S/c1-17-4-2-8(3-5-17)16-20(18,19)12-7-11(15)9(13)6-10(12)14/h6-8,16H,2-5,15H2,1H3. The molecule has 112 valence electrons. The van der Waals surface area contributed by atoms with Gasteiger partial charge < -0.3 is 10.6 Å². The molecule has 0 aromatic heterocycles. The van der Waals surface area contributed by atoms with Crippen LogP contribution in [0.25, 0.3) is 0 Å². The third-order valence-corrected chi connectivity index (χ3v) is 5.60. The van der Waals surface area contributed by atoms with Crippen LogP contribution in [0.15, 0.2) is 21.5 Å². The Bertz CT molecular complexity index is 601. The van der Waals surface area contributed by atoms with Gasteiger partial charge in [-0.15, -0.1) is 0 Å². The maximum Gasteiger partial charge on any atom is 0.243 e. The molecular formula is C12H17BrFN3O2S. The number of hydrogen-bond donors (Lipinski definition) is 2. The van der Waals surface area contributed by atoms with Gasteiger partial charge in [0, 0.05) is 16.2 Å². The molecule has 3 N–H and O–H groups in total. The Morgan fingerprint density at radius 2 is 2.00 bits per heavy atom. The van der Waals surface area contributed by atoms with Crippen LogP contribution < -0.4 is 10.5 Å². The van der Waals surface area contributed by atoms with Gasteiger partial charge in [-0.3, -0.25) is 0 Å². The summed E-state index contributed by atoms with van der Waals surface area (Å²) in [6.45, 7) is 1.64. The van der Waals surface area contributed by atoms with Gasteiger partial charge in [-0.05, 0) is 61.0 Å². The Balaban J connectivity index is 2.20. The Kier molecular flexibility index (Phi) is 4.68. The van der Waals surface area contributed by atoms with Gasteiger partial charge in [0.1, 0.15) is 10.7 Å². The first-order valence-corrected chi connectivity index (χ1v) is 8.52. The summed E-state index contributed by atoms with van der Waals surface area (Å²) in [6.07, 6.45) is 1.42. The van der Waals surface area contributed by atoms with Gasteiger partial charge in [0.05, 0.1) is 0 Å². The van der Waals surface area contributed by atoms with E-state index in [1.54, 1.807) is 0 Å². The van der Waals surface area contributed by atoms with E-state index in [0.717, 1.165) is 25.2 Å². The van der Waals surface area contributed by atoms with Crippen molar-refractivity contribution < 1.29 is 12.8 Å². The van der Waals surface area contributed by atoms with Gasteiger partial charge in [-0.2, -0.15) is 0 Å². The molecule has 0 bridgehead atoms. The van der Waals surface area contributed by atoms with Crippen molar-refractivity contribution in [2.45, 2.75) is 23.8 Å². The Hall–Kier alpha value is -0.700. The molecule has 0 aliphatic carbocycles. The number of hydrogen-bond acceptors (Lipinski definition) is 4. The zero-order chi connectivity index (χ0) is 14.9. The van der Waals surface area contributed by atoms with Crippen LogP contribution in [-0.2, 0) is 10.0 Å². The molecule has 1 aliphatic heterocycles. The molecule has 1 aromatic rings. The fraction of sp³-hybridized carbons (Fsp3) is 0.500. The molecule has 2 rings (SSSR count). The molecule has 1 aromatic carbocycles. The fourth-order valence-corrected chi connectivity index (χ4v) is 3.87. The van der Waals surface area contributed by atoms with Crippen LogP contribution in [0.4, 0.5) is 10.1 Å². The number of piperidine rings is 1. The smallest absolute Gasteiger partial charge is 0.243 e. The van der Waals surface area contributed by atoms with E-state index < -0.39 is 20.7 Å². The molecule has 0 radical (unpaired) electrons. The van der Waals surface area contributed by atoms with Crippen LogP contribution in [0.2, 0.25) is 0 Å². The Labute approximate surface area is 126 Å². The molecule has 1 saturated heterocycles. The highest BCUT2D eigenvalue weighted by molar-refractivity contribution is 9.10. The number of sulfonamides is 1. The third-order valence-electron chi connectivity index (χ3n) is 3.38. The summed E-state index contributed by atoms with van der Waals surface area (Å²) >= 11 is 3.07. The van der Waals surface area contributed by atoms with Gasteiger partial charge in [-0.25, -0.2) is 17.5 Å². The summed E-state index contributed by atoms with van der Waals surface area (Å²) in [4.78, 5) is 1.72. The number of halogens is 2. The molecule has 8 heteroatoms. The highest BCUT2D eigenvalue weighted by Gasteiger charge is 2.26. The van der Waals surface area contributed by atoms with Gasteiger partial charge in [0.15, 0.2) is 0 Å². The highest BCUT2D eigenvalue weighted by Crippen LogP contribution is 2.26. The monoisotopic (exact) mass is 365 g/mol. The van der Waals surface area contributed by atoms with E-state index in [1.807, 2.05) is 7.05 Å². The van der Waals surface area contributed by atoms with E-state index in [2.05, 4.69) is 25.6 Å². The summed E-state index contributed by atoms with van der Waals surface area (Å²) in [6, 6.07) is 2.04. The topological polar surface area (TPSA) is 75.4 Å². The number of anilines is 1. The van der Waals surface area contributed by atoms with Gasteiger partial charge in [0.2, 0.25) is 10.0 Å². The van der Waals surface area contributed by atoms with Crippen molar-refractivity contribution in [3.63, 3.8) is 0 Å². The lowest BCUT2D eigenvalue weighted by molar-refractivity contribution is 0.248. The maximum absolute atomic E-state index is 13.8. The van der Waals surface area contributed by atoms with Crippen LogP contribution in [0, 0.1) is 5.82 Å². The number of nitrogen functional groups attached to an aromatic ring is 1. The van der Waals surface area contributed by atoms with E-state index in [4.69, 9.17) is 5.73 Å². The summed E-state index contributed by atoms with van der Waals surface area (Å²) in [5.74, 6) is -0.813. The third kappa shape index (κ3) is 3.49. The van der Waals surface area contributed by atoms with Gasteiger partial charge >= 0.3 is 0 Å². The lowest BCUT2D eigenvalue weighted by Crippen LogP contribution is -2.43. The van der Waals surface area contributed by atoms with E-state index in [0.29, 0.717) is 17.3 Å². The largest absolute Gasteiger partial charge is 0.398 e. The molecule has 0 atom stereocenters. The molecule has 0 unspecified atom stereocenters. The number of nitrogens with two attached hydrogens (primary N) is 1. The van der Waals surface area contributed by atoms with E-state index >= 15 is 0 Å². The summed E-state index contributed by atoms with van der Waals surface area (Å²) < 4.78 is 41.2. The predicted molar refractivity (Wildman–Crippen MR) is 79.4 cm³/mol. The van der Waals surface area contributed by atoms with Crippen LogP contribution in [0.5, 0.6) is 0 Å². The van der Waals surface area contributed by atoms with Crippen molar-refractivity contribution >= 4 is 31.6 Å². The van der Waals surface area contributed by atoms with Crippen molar-refractivity contribution in [3.8, 4) is 0 Å². The fourth-order valence-electron chi connectivity index (χ4n) is 2.16. The first-order chi connectivity index (χ1) is 9.29. The Morgan fingerprint density at radius 3 is 2.60 bits per heavy atom. The number of likely N-dealkylation sites (tertiary alicyclic amines) is 1. The van der Waals surface area contributed by atoms with E-state index in [-0.39, 0.29) is 11.7 Å². The number of nitrogens with one attached hydrogen (secondary N) is 1. The molecule has 0 spiro atoms. The maximum atomic E-state index is 13.8. The van der Waals surface area contributed by atoms with Crippen molar-refractivity contribution in [2.75, 3.05) is 25.9 Å². The summed E-state index contributed by atoms with van der Waals surface area (Å²) in [5, 5.41) is 0. The summed E-state index contributed by atoms with van der Waals surface area (Å²) in [7, 11) is -1.91. The molecule has 1 fully saturated rings. The lowest BCUT2D eigenvalue weighted by Gasteiger charge is -2.29. The molecule has 0 saturated carbocycles. The van der Waals surface area contributed by atoms with Crippen molar-refractivity contribution in [1.82, 2.24) is 9.62 Å². The van der Waals surface area contributed by atoms with E-state index in [1.165, 1.54) is 0 Å². The number of nitrogens with zero attached hydrogens (tertiary/aromatic N) is 1. The quantitative estimate of drug-likeness (QED) is 0.796. The first-order valence-electron chi connectivity index (χ1n) is 6.25. The molecular weight excluding hydrogens is 349 g/mol. The van der Waals surface area contributed by atoms with E-state index in [9.17, 15) is 12.8 Å². The second kappa shape index (κ2) is 5.97. The van der Waals surface area contributed by atoms with Crippen molar-refractivity contribution in [2.24, 2.45) is 0 Å². The molecule has 1 heterocycles. The minimum atomic E-state index is -3.89. The van der Waals surface area contributed by atoms with Crippen molar-refractivity contribution in [3.05, 3.63) is 22.4 Å². The van der Waals surface area contributed by atoms with Gasteiger partial charge in [-0.1, -0.05) is 0 Å². The SMILES string of the molecule is CN1CCC(NS(=O)(=O)c2cc(N)c(Br)cc2F)CC1. The zero-order valence-electron chi connectivity index (χ0n) is 11.1. The highest BCUT2D eigenvalue weighted by atomic mass is 79.9. The molecule has 1 aliphatic rings. The van der Waals surface area contributed by atoms with Crippen LogP contribution >= 0.6 is 15.9 Å². The normalized spacial score (nSPS) is 18.4. The molecule has 0 amide bonds. The second-order valence-electron chi connectivity index (χ2n) is 5.00. The first kappa shape index (κ1) is 15.7. The van der Waals surface area contributed by atoms with Crippen LogP contribution in [0.1, 0.15) is 12.8 Å². The average molecular weight is 366 g/mol.